The van der Waals surface area contributed by atoms with Gasteiger partial charge in [-0.3, -0.25) is 4.79 Å². The summed E-state index contributed by atoms with van der Waals surface area (Å²) in [6.45, 7) is 1.07. The Kier molecular flexibility index (Phi) is 5.91. The number of methoxy groups -OCH3 is 1. The average Bonchev–Trinajstić information content (AvgIpc) is 2.51. The van der Waals surface area contributed by atoms with Gasteiger partial charge in [0.2, 0.25) is 0 Å². The first-order chi connectivity index (χ1) is 10.5. The van der Waals surface area contributed by atoms with E-state index in [0.29, 0.717) is 36.0 Å². The summed E-state index contributed by atoms with van der Waals surface area (Å²) in [5.41, 5.74) is 0.732. The molecule has 1 aliphatic rings. The maximum absolute atomic E-state index is 12.0. The zero-order valence-corrected chi connectivity index (χ0v) is 13.7. The van der Waals surface area contributed by atoms with Gasteiger partial charge in [-0.15, -0.1) is 0 Å². The number of hydrogen-bond donors (Lipinski definition) is 0. The van der Waals surface area contributed by atoms with E-state index < -0.39 is 6.09 Å². The molecule has 0 N–H and O–H groups in total. The Labute approximate surface area is 139 Å². The summed E-state index contributed by atoms with van der Waals surface area (Å²) in [6.07, 6.45) is 0.773. The van der Waals surface area contributed by atoms with Crippen LogP contribution in [0.2, 0.25) is 10.0 Å². The van der Waals surface area contributed by atoms with Crippen LogP contribution in [-0.2, 0) is 20.9 Å². The van der Waals surface area contributed by atoms with Crippen molar-refractivity contribution >= 4 is 35.3 Å². The van der Waals surface area contributed by atoms with Gasteiger partial charge in [0.15, 0.2) is 0 Å². The maximum atomic E-state index is 12.0. The highest BCUT2D eigenvalue weighted by Crippen LogP contribution is 2.21. The zero-order valence-electron chi connectivity index (χ0n) is 12.2. The van der Waals surface area contributed by atoms with E-state index in [2.05, 4.69) is 0 Å². The summed E-state index contributed by atoms with van der Waals surface area (Å²) in [6, 6.07) is 5.01. The number of hydrogen-bond acceptors (Lipinski definition) is 4. The molecule has 0 saturated carbocycles. The molecule has 1 saturated heterocycles. The van der Waals surface area contributed by atoms with Crippen molar-refractivity contribution < 1.29 is 19.1 Å². The summed E-state index contributed by atoms with van der Waals surface area (Å²) < 4.78 is 9.97. The van der Waals surface area contributed by atoms with Crippen LogP contribution in [0, 0.1) is 5.92 Å². The minimum Gasteiger partial charge on any atom is -0.469 e. The van der Waals surface area contributed by atoms with E-state index in [1.807, 2.05) is 0 Å². The molecular weight excluding hydrogens is 329 g/mol. The first kappa shape index (κ1) is 16.9. The molecule has 1 fully saturated rings. The number of likely N-dealkylation sites (tertiary alicyclic amines) is 1. The van der Waals surface area contributed by atoms with Gasteiger partial charge >= 0.3 is 12.1 Å². The molecule has 120 valence electrons. The van der Waals surface area contributed by atoms with Gasteiger partial charge < -0.3 is 14.4 Å². The highest BCUT2D eigenvalue weighted by molar-refractivity contribution is 6.34. The van der Waals surface area contributed by atoms with Gasteiger partial charge in [0.1, 0.15) is 6.61 Å². The highest BCUT2D eigenvalue weighted by atomic mass is 35.5. The van der Waals surface area contributed by atoms with Crippen LogP contribution in [0.4, 0.5) is 4.79 Å². The Morgan fingerprint density at radius 3 is 2.32 bits per heavy atom. The van der Waals surface area contributed by atoms with Crippen molar-refractivity contribution in [1.29, 1.82) is 0 Å². The summed E-state index contributed by atoms with van der Waals surface area (Å²) in [4.78, 5) is 25.0. The quantitative estimate of drug-likeness (QED) is 0.786. The third-order valence-corrected chi connectivity index (χ3v) is 4.01. The number of nitrogens with zero attached hydrogens (tertiary/aromatic N) is 1. The minimum absolute atomic E-state index is 0.107. The zero-order chi connectivity index (χ0) is 16.1. The number of carbonyl (C=O) groups is 2. The van der Waals surface area contributed by atoms with Crippen molar-refractivity contribution in [2.24, 2.45) is 5.92 Å². The molecule has 1 amide bonds. The number of piperidine rings is 1. The predicted octanol–water partition coefficient (Wildman–Crippen LogP) is 3.52. The third kappa shape index (κ3) is 4.52. The van der Waals surface area contributed by atoms with Crippen LogP contribution in [0.5, 0.6) is 0 Å². The topological polar surface area (TPSA) is 55.8 Å². The molecule has 1 heterocycles. The molecule has 0 bridgehead atoms. The molecule has 7 heteroatoms. The summed E-state index contributed by atoms with van der Waals surface area (Å²) in [7, 11) is 1.37. The van der Waals surface area contributed by atoms with E-state index in [-0.39, 0.29) is 18.5 Å². The van der Waals surface area contributed by atoms with Crippen LogP contribution in [0.25, 0.3) is 0 Å². The van der Waals surface area contributed by atoms with E-state index in [9.17, 15) is 9.59 Å². The number of ether oxygens (including phenoxy) is 2. The van der Waals surface area contributed by atoms with E-state index in [1.54, 1.807) is 23.1 Å². The van der Waals surface area contributed by atoms with Crippen LogP contribution in [-0.4, -0.2) is 37.2 Å². The molecule has 0 aromatic heterocycles. The lowest BCUT2D eigenvalue weighted by Gasteiger charge is -2.29. The smallest absolute Gasteiger partial charge is 0.410 e. The van der Waals surface area contributed by atoms with Crippen molar-refractivity contribution in [3.8, 4) is 0 Å². The maximum Gasteiger partial charge on any atom is 0.410 e. The molecule has 1 aromatic rings. The molecule has 0 atom stereocenters. The fraction of sp³-hybridized carbons (Fsp3) is 0.467. The van der Waals surface area contributed by atoms with Crippen LogP contribution in [0.1, 0.15) is 18.4 Å². The van der Waals surface area contributed by atoms with E-state index >= 15 is 0 Å². The second-order valence-corrected chi connectivity index (χ2v) is 5.99. The fourth-order valence-corrected chi connectivity index (χ4v) is 2.97. The number of amides is 1. The normalized spacial score (nSPS) is 15.5. The molecule has 0 unspecified atom stereocenters. The number of esters is 1. The second kappa shape index (κ2) is 7.70. The fourth-order valence-electron chi connectivity index (χ4n) is 2.40. The van der Waals surface area contributed by atoms with Crippen LogP contribution < -0.4 is 0 Å². The molecular formula is C15H17Cl2NO4. The Hall–Kier alpha value is -1.46. The molecule has 1 aromatic carbocycles. The van der Waals surface area contributed by atoms with Crippen LogP contribution >= 0.6 is 23.2 Å². The van der Waals surface area contributed by atoms with Gasteiger partial charge in [0, 0.05) is 23.1 Å². The molecule has 1 aliphatic heterocycles. The van der Waals surface area contributed by atoms with Crippen molar-refractivity contribution in [3.63, 3.8) is 0 Å². The molecule has 22 heavy (non-hydrogen) atoms. The third-order valence-electron chi connectivity index (χ3n) is 3.57. The Balaban J connectivity index is 1.82. The lowest BCUT2D eigenvalue weighted by atomic mass is 9.97. The SMILES string of the molecule is COC(=O)C1CCN(C(=O)OCc2cc(Cl)cc(Cl)c2)CC1. The molecule has 0 radical (unpaired) electrons. The van der Waals surface area contributed by atoms with Crippen molar-refractivity contribution in [2.45, 2.75) is 19.4 Å². The molecule has 2 rings (SSSR count). The van der Waals surface area contributed by atoms with Crippen molar-refractivity contribution in [1.82, 2.24) is 4.90 Å². The number of carbonyl (C=O) groups excluding carboxylic acids is 2. The molecule has 0 spiro atoms. The largest absolute Gasteiger partial charge is 0.469 e. The predicted molar refractivity (Wildman–Crippen MR) is 83.0 cm³/mol. The lowest BCUT2D eigenvalue weighted by molar-refractivity contribution is -0.146. The number of rotatable bonds is 3. The van der Waals surface area contributed by atoms with Crippen LogP contribution in [0.3, 0.4) is 0 Å². The van der Waals surface area contributed by atoms with Gasteiger partial charge in [-0.25, -0.2) is 4.79 Å². The molecule has 0 aliphatic carbocycles. The van der Waals surface area contributed by atoms with Gasteiger partial charge in [0.05, 0.1) is 13.0 Å². The Morgan fingerprint density at radius 2 is 1.77 bits per heavy atom. The van der Waals surface area contributed by atoms with E-state index in [4.69, 9.17) is 32.7 Å². The monoisotopic (exact) mass is 345 g/mol. The van der Waals surface area contributed by atoms with Gasteiger partial charge in [-0.2, -0.15) is 0 Å². The second-order valence-electron chi connectivity index (χ2n) is 5.12. The van der Waals surface area contributed by atoms with Gasteiger partial charge in [-0.05, 0) is 36.6 Å². The van der Waals surface area contributed by atoms with Gasteiger partial charge in [0.25, 0.3) is 0 Å². The summed E-state index contributed by atoms with van der Waals surface area (Å²) in [5, 5.41) is 0.995. The highest BCUT2D eigenvalue weighted by Gasteiger charge is 2.28. The molecule has 5 nitrogen and oxygen atoms in total. The Morgan fingerprint density at radius 1 is 1.18 bits per heavy atom. The number of halogens is 2. The standard InChI is InChI=1S/C15H17Cl2NO4/c1-21-14(19)11-2-4-18(5-3-11)15(20)22-9-10-6-12(16)8-13(17)7-10/h6-8,11H,2-5,9H2,1H3. The van der Waals surface area contributed by atoms with Crippen molar-refractivity contribution in [3.05, 3.63) is 33.8 Å². The first-order valence-electron chi connectivity index (χ1n) is 6.94. The number of benzene rings is 1. The lowest BCUT2D eigenvalue weighted by Crippen LogP contribution is -2.40. The van der Waals surface area contributed by atoms with E-state index in [0.717, 1.165) is 5.56 Å². The Bertz CT molecular complexity index is 536. The van der Waals surface area contributed by atoms with Crippen LogP contribution in [0.15, 0.2) is 18.2 Å². The van der Waals surface area contributed by atoms with Crippen molar-refractivity contribution in [2.75, 3.05) is 20.2 Å². The first-order valence-corrected chi connectivity index (χ1v) is 7.69. The van der Waals surface area contributed by atoms with Gasteiger partial charge in [-0.1, -0.05) is 23.2 Å². The summed E-state index contributed by atoms with van der Waals surface area (Å²) >= 11 is 11.8. The van der Waals surface area contributed by atoms with E-state index in [1.165, 1.54) is 7.11 Å². The summed E-state index contributed by atoms with van der Waals surface area (Å²) in [5.74, 6) is -0.359. The minimum atomic E-state index is -0.403. The average molecular weight is 346 g/mol.